The summed E-state index contributed by atoms with van der Waals surface area (Å²) < 4.78 is 0. The molecule has 2 aromatic rings. The highest BCUT2D eigenvalue weighted by molar-refractivity contribution is 5.58. The normalized spacial score (nSPS) is 17.3. The summed E-state index contributed by atoms with van der Waals surface area (Å²) in [6.07, 6.45) is 7.41. The van der Waals surface area contributed by atoms with Crippen molar-refractivity contribution < 1.29 is 0 Å². The summed E-state index contributed by atoms with van der Waals surface area (Å²) in [5, 5.41) is 3.43. The Morgan fingerprint density at radius 3 is 2.78 bits per heavy atom. The predicted molar refractivity (Wildman–Crippen MR) is 72.8 cm³/mol. The van der Waals surface area contributed by atoms with Gasteiger partial charge in [-0.2, -0.15) is 0 Å². The van der Waals surface area contributed by atoms with Crippen LogP contribution in [0.2, 0.25) is 0 Å². The molecule has 1 aromatic carbocycles. The molecule has 1 aliphatic rings. The molecule has 0 aliphatic carbocycles. The van der Waals surface area contributed by atoms with Gasteiger partial charge in [0, 0.05) is 30.5 Å². The molecule has 18 heavy (non-hydrogen) atoms. The molecule has 2 heterocycles. The molecule has 3 heteroatoms. The van der Waals surface area contributed by atoms with E-state index in [4.69, 9.17) is 0 Å². The second-order valence-corrected chi connectivity index (χ2v) is 4.95. The molecule has 1 aromatic heterocycles. The van der Waals surface area contributed by atoms with Crippen LogP contribution >= 0.6 is 0 Å². The van der Waals surface area contributed by atoms with E-state index in [0.29, 0.717) is 5.92 Å². The third kappa shape index (κ3) is 2.21. The van der Waals surface area contributed by atoms with Gasteiger partial charge in [-0.1, -0.05) is 19.1 Å². The fourth-order valence-corrected chi connectivity index (χ4v) is 2.46. The summed E-state index contributed by atoms with van der Waals surface area (Å²) in [6, 6.07) is 6.76. The fraction of sp³-hybridized carbons (Fsp3) is 0.333. The van der Waals surface area contributed by atoms with Crippen molar-refractivity contribution in [2.75, 3.05) is 11.9 Å². The van der Waals surface area contributed by atoms with Gasteiger partial charge in [0.25, 0.3) is 0 Å². The Hall–Kier alpha value is -1.90. The van der Waals surface area contributed by atoms with Crippen molar-refractivity contribution in [1.29, 1.82) is 0 Å². The first-order valence-electron chi connectivity index (χ1n) is 6.43. The number of aryl methyl sites for hydroxylation is 2. The Kier molecular flexibility index (Phi) is 2.97. The van der Waals surface area contributed by atoms with Crippen LogP contribution in [0.25, 0.3) is 0 Å². The largest absolute Gasteiger partial charge is 0.384 e. The number of fused-ring (bicyclic) bond motifs is 1. The molecular formula is C15H17N3. The van der Waals surface area contributed by atoms with E-state index in [9.17, 15) is 0 Å². The van der Waals surface area contributed by atoms with Gasteiger partial charge in [-0.3, -0.25) is 0 Å². The Morgan fingerprint density at radius 2 is 1.94 bits per heavy atom. The van der Waals surface area contributed by atoms with E-state index in [1.165, 1.54) is 22.4 Å². The SMILES string of the molecule is C[C@H]1CNc2ccc(CCc3cncnc3)cc21. The van der Waals surface area contributed by atoms with Crippen LogP contribution in [0.1, 0.15) is 29.5 Å². The van der Waals surface area contributed by atoms with Crippen molar-refractivity contribution in [2.24, 2.45) is 0 Å². The lowest BCUT2D eigenvalue weighted by molar-refractivity contribution is 0.849. The minimum absolute atomic E-state index is 0.625. The zero-order valence-electron chi connectivity index (χ0n) is 10.6. The van der Waals surface area contributed by atoms with Gasteiger partial charge in [0.2, 0.25) is 0 Å². The highest BCUT2D eigenvalue weighted by Gasteiger charge is 2.17. The second kappa shape index (κ2) is 4.77. The topological polar surface area (TPSA) is 37.8 Å². The Labute approximate surface area is 107 Å². The van der Waals surface area contributed by atoms with Crippen LogP contribution in [0.5, 0.6) is 0 Å². The van der Waals surface area contributed by atoms with E-state index >= 15 is 0 Å². The summed E-state index contributed by atoms with van der Waals surface area (Å²) in [5.41, 5.74) is 5.35. The van der Waals surface area contributed by atoms with Crippen molar-refractivity contribution in [1.82, 2.24) is 9.97 Å². The lowest BCUT2D eigenvalue weighted by atomic mass is 9.98. The number of rotatable bonds is 3. The van der Waals surface area contributed by atoms with Gasteiger partial charge in [0.05, 0.1) is 0 Å². The number of hydrogen-bond donors (Lipinski definition) is 1. The van der Waals surface area contributed by atoms with Crippen LogP contribution in [0.4, 0.5) is 5.69 Å². The van der Waals surface area contributed by atoms with Crippen molar-refractivity contribution in [3.8, 4) is 0 Å². The first kappa shape index (κ1) is 11.2. The fourth-order valence-electron chi connectivity index (χ4n) is 2.46. The summed E-state index contributed by atoms with van der Waals surface area (Å²) in [4.78, 5) is 8.09. The zero-order valence-corrected chi connectivity index (χ0v) is 10.6. The quantitative estimate of drug-likeness (QED) is 0.895. The van der Waals surface area contributed by atoms with Gasteiger partial charge in [-0.15, -0.1) is 0 Å². The Bertz CT molecular complexity index is 537. The van der Waals surface area contributed by atoms with Gasteiger partial charge < -0.3 is 5.32 Å². The highest BCUT2D eigenvalue weighted by Crippen LogP contribution is 2.31. The molecule has 0 radical (unpaired) electrons. The van der Waals surface area contributed by atoms with E-state index in [1.54, 1.807) is 6.33 Å². The van der Waals surface area contributed by atoms with Crippen molar-refractivity contribution in [3.63, 3.8) is 0 Å². The minimum atomic E-state index is 0.625. The molecule has 92 valence electrons. The smallest absolute Gasteiger partial charge is 0.115 e. The zero-order chi connectivity index (χ0) is 12.4. The molecule has 0 unspecified atom stereocenters. The molecule has 0 amide bonds. The van der Waals surface area contributed by atoms with Gasteiger partial charge in [0.15, 0.2) is 0 Å². The number of nitrogens with one attached hydrogen (secondary N) is 1. The molecule has 3 nitrogen and oxygen atoms in total. The van der Waals surface area contributed by atoms with Crippen molar-refractivity contribution >= 4 is 5.69 Å². The lowest BCUT2D eigenvalue weighted by Gasteiger charge is -2.06. The molecule has 0 bridgehead atoms. The van der Waals surface area contributed by atoms with Gasteiger partial charge in [0.1, 0.15) is 6.33 Å². The van der Waals surface area contributed by atoms with Crippen molar-refractivity contribution in [2.45, 2.75) is 25.7 Å². The molecule has 1 atom stereocenters. The van der Waals surface area contributed by atoms with Crippen molar-refractivity contribution in [3.05, 3.63) is 53.6 Å². The van der Waals surface area contributed by atoms with E-state index in [1.807, 2.05) is 12.4 Å². The van der Waals surface area contributed by atoms with Gasteiger partial charge >= 0.3 is 0 Å². The second-order valence-electron chi connectivity index (χ2n) is 4.95. The van der Waals surface area contributed by atoms with Gasteiger partial charge in [-0.25, -0.2) is 9.97 Å². The molecule has 0 saturated heterocycles. The first-order valence-corrected chi connectivity index (χ1v) is 6.43. The molecule has 3 rings (SSSR count). The van der Waals surface area contributed by atoms with Crippen LogP contribution in [0.3, 0.4) is 0 Å². The van der Waals surface area contributed by atoms with Crippen LogP contribution in [0.15, 0.2) is 36.9 Å². The third-order valence-electron chi connectivity index (χ3n) is 3.56. The Balaban J connectivity index is 1.72. The minimum Gasteiger partial charge on any atom is -0.384 e. The summed E-state index contributed by atoms with van der Waals surface area (Å²) >= 11 is 0. The molecular weight excluding hydrogens is 222 g/mol. The predicted octanol–water partition coefficient (Wildman–Crippen LogP) is 2.79. The summed E-state index contributed by atoms with van der Waals surface area (Å²) in [7, 11) is 0. The summed E-state index contributed by atoms with van der Waals surface area (Å²) in [6.45, 7) is 3.33. The van der Waals surface area contributed by atoms with Crippen LogP contribution in [-0.2, 0) is 12.8 Å². The number of benzene rings is 1. The lowest BCUT2D eigenvalue weighted by Crippen LogP contribution is -1.96. The standard InChI is InChI=1S/C15H17N3/c1-11-7-18-15-5-4-12(6-14(11)15)2-3-13-8-16-10-17-9-13/h4-6,8-11,18H,2-3,7H2,1H3/t11-/m0/s1. The average Bonchev–Trinajstić information content (AvgIpc) is 2.79. The van der Waals surface area contributed by atoms with E-state index in [-0.39, 0.29) is 0 Å². The maximum absolute atomic E-state index is 4.05. The number of anilines is 1. The van der Waals surface area contributed by atoms with E-state index in [2.05, 4.69) is 40.4 Å². The maximum atomic E-state index is 4.05. The van der Waals surface area contributed by atoms with Crippen LogP contribution < -0.4 is 5.32 Å². The maximum Gasteiger partial charge on any atom is 0.115 e. The third-order valence-corrected chi connectivity index (χ3v) is 3.56. The Morgan fingerprint density at radius 1 is 1.17 bits per heavy atom. The molecule has 1 aliphatic heterocycles. The number of aromatic nitrogens is 2. The number of nitrogens with zero attached hydrogens (tertiary/aromatic N) is 2. The average molecular weight is 239 g/mol. The first-order chi connectivity index (χ1) is 8.83. The molecule has 0 fully saturated rings. The van der Waals surface area contributed by atoms with Crippen LogP contribution in [-0.4, -0.2) is 16.5 Å². The van der Waals surface area contributed by atoms with Gasteiger partial charge in [-0.05, 0) is 35.6 Å². The van der Waals surface area contributed by atoms with E-state index in [0.717, 1.165) is 19.4 Å². The summed E-state index contributed by atoms with van der Waals surface area (Å²) in [5.74, 6) is 0.625. The molecule has 0 spiro atoms. The van der Waals surface area contributed by atoms with Crippen LogP contribution in [0, 0.1) is 0 Å². The number of hydrogen-bond acceptors (Lipinski definition) is 3. The molecule has 1 N–H and O–H groups in total. The monoisotopic (exact) mass is 239 g/mol. The highest BCUT2D eigenvalue weighted by atomic mass is 14.9. The van der Waals surface area contributed by atoms with E-state index < -0.39 is 0 Å². The molecule has 0 saturated carbocycles.